The maximum absolute atomic E-state index is 2.78. The van der Waals surface area contributed by atoms with E-state index in [0.29, 0.717) is 0 Å². The summed E-state index contributed by atoms with van der Waals surface area (Å²) in [5, 5.41) is 0. The summed E-state index contributed by atoms with van der Waals surface area (Å²) < 4.78 is 6.70. The molecule has 1 aliphatic rings. The Kier molecular flexibility index (Phi) is 6.31. The zero-order chi connectivity index (χ0) is 23.8. The van der Waals surface area contributed by atoms with Crippen molar-refractivity contribution in [1.29, 1.82) is 0 Å². The van der Waals surface area contributed by atoms with Crippen molar-refractivity contribution < 1.29 is 0 Å². The summed E-state index contributed by atoms with van der Waals surface area (Å²) in [4.78, 5) is 0. The van der Waals surface area contributed by atoms with Gasteiger partial charge in [0, 0.05) is 0 Å². The third kappa shape index (κ3) is 3.97. The van der Waals surface area contributed by atoms with Crippen molar-refractivity contribution in [2.24, 2.45) is 0 Å². The molecule has 1 heterocycles. The molecule has 4 aromatic rings. The molecular formula is C32H32Ge2. The van der Waals surface area contributed by atoms with Gasteiger partial charge in [-0.15, -0.1) is 0 Å². The standard InChI is InChI=1S/C32H32Ge2/c1-33(2)29(25-17-9-5-10-18-25)31(27-21-13-7-14-22-27)34(3,4)32(28-23-15-8-16-24-28)30(33)26-19-11-6-12-20-26/h5-24H,1-4H3. The van der Waals surface area contributed by atoms with Crippen molar-refractivity contribution in [2.45, 2.75) is 23.0 Å². The zero-order valence-electron chi connectivity index (χ0n) is 20.5. The van der Waals surface area contributed by atoms with Gasteiger partial charge in [0.1, 0.15) is 0 Å². The monoisotopic (exact) mass is 564 g/mol. The van der Waals surface area contributed by atoms with Gasteiger partial charge in [-0.3, -0.25) is 0 Å². The van der Waals surface area contributed by atoms with E-state index < -0.39 is 26.5 Å². The Morgan fingerprint density at radius 2 is 0.471 bits per heavy atom. The van der Waals surface area contributed by atoms with Crippen molar-refractivity contribution >= 4 is 44.2 Å². The molecule has 4 aromatic carbocycles. The predicted octanol–water partition coefficient (Wildman–Crippen LogP) is 8.80. The minimum absolute atomic E-state index is 1.42. The van der Waals surface area contributed by atoms with Crippen LogP contribution in [0.4, 0.5) is 0 Å². The topological polar surface area (TPSA) is 0 Å². The van der Waals surface area contributed by atoms with E-state index in [0.717, 1.165) is 0 Å². The molecule has 1 aliphatic heterocycles. The van der Waals surface area contributed by atoms with E-state index in [2.05, 4.69) is 144 Å². The number of benzene rings is 4. The zero-order valence-corrected chi connectivity index (χ0v) is 24.7. The Labute approximate surface area is 209 Å². The van der Waals surface area contributed by atoms with Crippen LogP contribution in [0.3, 0.4) is 0 Å². The molecule has 0 radical (unpaired) electrons. The third-order valence-electron chi connectivity index (χ3n) is 7.25. The van der Waals surface area contributed by atoms with E-state index in [4.69, 9.17) is 0 Å². The quantitative estimate of drug-likeness (QED) is 0.218. The second-order valence-electron chi connectivity index (χ2n) is 10.2. The van der Waals surface area contributed by atoms with Crippen LogP contribution in [0.15, 0.2) is 121 Å². The summed E-state index contributed by atoms with van der Waals surface area (Å²) in [6, 6.07) is 45.0. The summed E-state index contributed by atoms with van der Waals surface area (Å²) >= 11 is -5.57. The first-order valence-electron chi connectivity index (χ1n) is 12.1. The fourth-order valence-corrected chi connectivity index (χ4v) is 34.5. The molecule has 34 heavy (non-hydrogen) atoms. The average Bonchev–Trinajstić information content (AvgIpc) is 2.86. The van der Waals surface area contributed by atoms with E-state index >= 15 is 0 Å². The van der Waals surface area contributed by atoms with Gasteiger partial charge in [-0.25, -0.2) is 0 Å². The van der Waals surface area contributed by atoms with Gasteiger partial charge in [-0.2, -0.15) is 0 Å². The maximum atomic E-state index is 2.62. The van der Waals surface area contributed by atoms with Gasteiger partial charge < -0.3 is 0 Å². The van der Waals surface area contributed by atoms with E-state index in [1.807, 2.05) is 0 Å². The second-order valence-corrected chi connectivity index (χ2v) is 28.0. The molecule has 5 rings (SSSR count). The van der Waals surface area contributed by atoms with Crippen molar-refractivity contribution in [3.8, 4) is 0 Å². The molecule has 0 aliphatic carbocycles. The van der Waals surface area contributed by atoms with Gasteiger partial charge in [0.15, 0.2) is 0 Å². The Morgan fingerprint density at radius 1 is 0.294 bits per heavy atom. The van der Waals surface area contributed by atoms with Gasteiger partial charge in [0.05, 0.1) is 0 Å². The van der Waals surface area contributed by atoms with E-state index in [1.165, 1.54) is 22.3 Å². The van der Waals surface area contributed by atoms with Crippen molar-refractivity contribution in [3.05, 3.63) is 144 Å². The molecule has 0 fully saturated rings. The summed E-state index contributed by atoms with van der Waals surface area (Å²) in [6.45, 7) is 0. The van der Waals surface area contributed by atoms with Crippen LogP contribution in [0.5, 0.6) is 0 Å². The molecule has 0 bridgehead atoms. The van der Waals surface area contributed by atoms with Crippen molar-refractivity contribution in [2.75, 3.05) is 0 Å². The van der Waals surface area contributed by atoms with Crippen LogP contribution in [0.25, 0.3) is 17.6 Å². The van der Waals surface area contributed by atoms with Gasteiger partial charge in [-0.05, 0) is 0 Å². The molecule has 0 N–H and O–H groups in total. The molecule has 0 unspecified atom stereocenters. The van der Waals surface area contributed by atoms with Gasteiger partial charge in [-0.1, -0.05) is 0 Å². The Morgan fingerprint density at radius 3 is 0.647 bits per heavy atom. The molecule has 0 nitrogen and oxygen atoms in total. The Hall–Kier alpha value is -2.55. The van der Waals surface area contributed by atoms with Crippen LogP contribution in [0.2, 0.25) is 23.0 Å². The molecule has 0 saturated heterocycles. The van der Waals surface area contributed by atoms with E-state index in [-0.39, 0.29) is 0 Å². The first kappa shape index (κ1) is 23.2. The SMILES string of the molecule is [CH3][Ge]1([CH3])[C](c2ccccc2)=[C](c2ccccc2)[Ge]([CH3])([CH3])[C](c2ccccc2)=[C]1c1ccccc1. The summed E-state index contributed by atoms with van der Waals surface area (Å²) in [5.41, 5.74) is 5.69. The normalized spacial score (nSPS) is 17.1. The van der Waals surface area contributed by atoms with Crippen LogP contribution in [-0.2, 0) is 0 Å². The van der Waals surface area contributed by atoms with Crippen LogP contribution in [-0.4, -0.2) is 26.5 Å². The first-order chi connectivity index (χ1) is 16.4. The van der Waals surface area contributed by atoms with Gasteiger partial charge >= 0.3 is 211 Å². The Bertz CT molecular complexity index is 1140. The first-order valence-corrected chi connectivity index (χ1v) is 24.7. The van der Waals surface area contributed by atoms with Crippen LogP contribution in [0, 0.1) is 0 Å². The van der Waals surface area contributed by atoms with Gasteiger partial charge in [0.2, 0.25) is 0 Å². The summed E-state index contributed by atoms with van der Waals surface area (Å²) in [5.74, 6) is 10.5. The summed E-state index contributed by atoms with van der Waals surface area (Å²) in [6.07, 6.45) is 0. The fraction of sp³-hybridized carbons (Fsp3) is 0.125. The summed E-state index contributed by atoms with van der Waals surface area (Å²) in [7, 11) is 0. The van der Waals surface area contributed by atoms with Crippen molar-refractivity contribution in [1.82, 2.24) is 0 Å². The van der Waals surface area contributed by atoms with Gasteiger partial charge in [0.25, 0.3) is 0 Å². The molecule has 0 saturated carbocycles. The molecular weight excluding hydrogens is 530 g/mol. The van der Waals surface area contributed by atoms with E-state index in [9.17, 15) is 0 Å². The minimum atomic E-state index is -2.78. The molecule has 0 atom stereocenters. The molecule has 0 amide bonds. The van der Waals surface area contributed by atoms with Crippen LogP contribution in [0.1, 0.15) is 22.3 Å². The number of hydrogen-bond acceptors (Lipinski definition) is 0. The van der Waals surface area contributed by atoms with Crippen LogP contribution >= 0.6 is 0 Å². The molecule has 2 heteroatoms. The molecule has 168 valence electrons. The second kappa shape index (κ2) is 9.24. The number of rotatable bonds is 4. The molecule has 0 aromatic heterocycles. The fourth-order valence-electron chi connectivity index (χ4n) is 5.94. The van der Waals surface area contributed by atoms with Crippen molar-refractivity contribution in [3.63, 3.8) is 0 Å². The van der Waals surface area contributed by atoms with Crippen LogP contribution < -0.4 is 0 Å². The molecule has 0 spiro atoms. The Balaban J connectivity index is 1.94. The average molecular weight is 562 g/mol. The van der Waals surface area contributed by atoms with E-state index in [1.54, 1.807) is 17.6 Å². The number of hydrogen-bond donors (Lipinski definition) is 0. The third-order valence-corrected chi connectivity index (χ3v) is 24.5. The predicted molar refractivity (Wildman–Crippen MR) is 154 cm³/mol.